The Bertz CT molecular complexity index is 714. The van der Waals surface area contributed by atoms with Gasteiger partial charge in [0.2, 0.25) is 5.82 Å². The number of aromatic nitrogens is 1. The van der Waals surface area contributed by atoms with E-state index in [1.807, 2.05) is 18.2 Å². The Balaban J connectivity index is 1.85. The molecule has 3 rings (SSSR count). The van der Waals surface area contributed by atoms with E-state index in [0.717, 1.165) is 30.6 Å². The first-order valence-electron chi connectivity index (χ1n) is 7.63. The Morgan fingerprint density at radius 3 is 2.74 bits per heavy atom. The molecule has 23 heavy (non-hydrogen) atoms. The summed E-state index contributed by atoms with van der Waals surface area (Å²) in [6.45, 7) is 0.602. The predicted octanol–water partition coefficient (Wildman–Crippen LogP) is 3.53. The molecule has 0 radical (unpaired) electrons. The lowest BCUT2D eigenvalue weighted by Gasteiger charge is -2.43. The average molecular weight is 313 g/mol. The normalized spacial score (nSPS) is 15.5. The van der Waals surface area contributed by atoms with Crippen LogP contribution in [0.3, 0.4) is 0 Å². The summed E-state index contributed by atoms with van der Waals surface area (Å²) in [7, 11) is 1.67. The number of hydrogen-bond donors (Lipinski definition) is 1. The van der Waals surface area contributed by atoms with Crippen molar-refractivity contribution in [2.24, 2.45) is 0 Å². The van der Waals surface area contributed by atoms with E-state index in [4.69, 9.17) is 4.74 Å². The highest BCUT2D eigenvalue weighted by molar-refractivity contribution is 5.56. The molecule has 1 aromatic heterocycles. The van der Waals surface area contributed by atoms with Crippen molar-refractivity contribution in [1.82, 2.24) is 4.98 Å². The smallest absolute Gasteiger partial charge is 0.311 e. The van der Waals surface area contributed by atoms with E-state index >= 15 is 0 Å². The van der Waals surface area contributed by atoms with Gasteiger partial charge in [-0.25, -0.2) is 4.98 Å². The SMILES string of the molecule is COc1ccccc1C1(CNc2ncccc2[N+](=O)[O-])CCC1. The Labute approximate surface area is 134 Å². The van der Waals surface area contributed by atoms with E-state index in [9.17, 15) is 10.1 Å². The highest BCUT2D eigenvalue weighted by Crippen LogP contribution is 2.47. The van der Waals surface area contributed by atoms with Gasteiger partial charge in [-0.15, -0.1) is 0 Å². The third-order valence-electron chi connectivity index (χ3n) is 4.57. The van der Waals surface area contributed by atoms with Crippen LogP contribution in [0, 0.1) is 10.1 Å². The van der Waals surface area contributed by atoms with Crippen molar-refractivity contribution in [3.8, 4) is 5.75 Å². The molecular formula is C17H19N3O3. The number of benzene rings is 1. The zero-order valence-corrected chi connectivity index (χ0v) is 13.0. The van der Waals surface area contributed by atoms with Gasteiger partial charge in [0.15, 0.2) is 0 Å². The predicted molar refractivity (Wildman–Crippen MR) is 87.9 cm³/mol. The van der Waals surface area contributed by atoms with Gasteiger partial charge in [-0.05, 0) is 25.0 Å². The molecule has 1 heterocycles. The minimum Gasteiger partial charge on any atom is -0.496 e. The van der Waals surface area contributed by atoms with E-state index < -0.39 is 4.92 Å². The molecule has 1 aromatic carbocycles. The van der Waals surface area contributed by atoms with Crippen molar-refractivity contribution in [3.63, 3.8) is 0 Å². The van der Waals surface area contributed by atoms with Crippen LogP contribution in [0.2, 0.25) is 0 Å². The molecular weight excluding hydrogens is 294 g/mol. The van der Waals surface area contributed by atoms with Crippen molar-refractivity contribution in [3.05, 3.63) is 58.3 Å². The number of anilines is 1. The number of hydrogen-bond acceptors (Lipinski definition) is 5. The lowest BCUT2D eigenvalue weighted by molar-refractivity contribution is -0.384. The van der Waals surface area contributed by atoms with Crippen LogP contribution in [0.25, 0.3) is 0 Å². The number of methoxy groups -OCH3 is 1. The molecule has 0 atom stereocenters. The number of nitrogens with one attached hydrogen (secondary N) is 1. The largest absolute Gasteiger partial charge is 0.496 e. The fourth-order valence-electron chi connectivity index (χ4n) is 3.16. The quantitative estimate of drug-likeness (QED) is 0.652. The number of pyridine rings is 1. The summed E-state index contributed by atoms with van der Waals surface area (Å²) >= 11 is 0. The van der Waals surface area contributed by atoms with Gasteiger partial charge in [-0.1, -0.05) is 24.6 Å². The molecule has 0 bridgehead atoms. The van der Waals surface area contributed by atoms with Gasteiger partial charge in [-0.3, -0.25) is 10.1 Å². The van der Waals surface area contributed by atoms with Gasteiger partial charge in [0.25, 0.3) is 0 Å². The summed E-state index contributed by atoms with van der Waals surface area (Å²) in [6, 6.07) is 11.0. The second-order valence-corrected chi connectivity index (χ2v) is 5.82. The van der Waals surface area contributed by atoms with Crippen LogP contribution in [-0.4, -0.2) is 23.6 Å². The molecule has 1 fully saturated rings. The number of nitro groups is 1. The fraction of sp³-hybridized carbons (Fsp3) is 0.353. The molecule has 0 aliphatic heterocycles. The van der Waals surface area contributed by atoms with Crippen LogP contribution >= 0.6 is 0 Å². The molecule has 0 unspecified atom stereocenters. The summed E-state index contributed by atoms with van der Waals surface area (Å²) in [5.41, 5.74) is 1.10. The maximum absolute atomic E-state index is 11.1. The first kappa shape index (κ1) is 15.3. The second kappa shape index (κ2) is 6.24. The molecule has 1 saturated carbocycles. The minimum atomic E-state index is -0.411. The average Bonchev–Trinajstić information content (AvgIpc) is 2.54. The van der Waals surface area contributed by atoms with Crippen molar-refractivity contribution in [2.45, 2.75) is 24.7 Å². The molecule has 120 valence electrons. The van der Waals surface area contributed by atoms with Crippen LogP contribution in [0.1, 0.15) is 24.8 Å². The third-order valence-corrected chi connectivity index (χ3v) is 4.57. The van der Waals surface area contributed by atoms with E-state index in [-0.39, 0.29) is 11.1 Å². The van der Waals surface area contributed by atoms with Crippen LogP contribution in [0.15, 0.2) is 42.6 Å². The number of ether oxygens (including phenoxy) is 1. The molecule has 2 aromatic rings. The second-order valence-electron chi connectivity index (χ2n) is 5.82. The first-order valence-corrected chi connectivity index (χ1v) is 7.63. The molecule has 0 spiro atoms. The van der Waals surface area contributed by atoms with Crippen LogP contribution in [0.4, 0.5) is 11.5 Å². The van der Waals surface area contributed by atoms with E-state index in [1.54, 1.807) is 19.4 Å². The third kappa shape index (κ3) is 2.84. The summed E-state index contributed by atoms with van der Waals surface area (Å²) in [5.74, 6) is 1.18. The zero-order chi connectivity index (χ0) is 16.3. The van der Waals surface area contributed by atoms with Crippen LogP contribution in [-0.2, 0) is 5.41 Å². The molecule has 0 saturated heterocycles. The van der Waals surface area contributed by atoms with Gasteiger partial charge in [0.1, 0.15) is 5.75 Å². The fourth-order valence-corrected chi connectivity index (χ4v) is 3.16. The van der Waals surface area contributed by atoms with Crippen molar-refractivity contribution < 1.29 is 9.66 Å². The van der Waals surface area contributed by atoms with Crippen molar-refractivity contribution >= 4 is 11.5 Å². The summed E-state index contributed by atoms with van der Waals surface area (Å²) in [5, 5.41) is 14.3. The van der Waals surface area contributed by atoms with E-state index in [1.165, 1.54) is 6.07 Å². The van der Waals surface area contributed by atoms with Gasteiger partial charge in [0.05, 0.1) is 12.0 Å². The molecule has 1 aliphatic carbocycles. The highest BCUT2D eigenvalue weighted by atomic mass is 16.6. The Kier molecular flexibility index (Phi) is 4.14. The number of para-hydroxylation sites is 1. The van der Waals surface area contributed by atoms with Crippen LogP contribution in [0.5, 0.6) is 5.75 Å². The molecule has 1 aliphatic rings. The summed E-state index contributed by atoms with van der Waals surface area (Å²) in [4.78, 5) is 14.8. The van der Waals surface area contributed by atoms with Gasteiger partial charge >= 0.3 is 5.69 Å². The standard InChI is InChI=1S/C17H19N3O3/c1-23-15-8-3-2-6-13(15)17(9-5-10-17)12-19-16-14(20(21)22)7-4-11-18-16/h2-4,6-8,11H,5,9-10,12H2,1H3,(H,18,19). The highest BCUT2D eigenvalue weighted by Gasteiger charge is 2.40. The molecule has 6 heteroatoms. The van der Waals surface area contributed by atoms with Gasteiger partial charge < -0.3 is 10.1 Å². The summed E-state index contributed by atoms with van der Waals surface area (Å²) in [6.07, 6.45) is 4.76. The Morgan fingerprint density at radius 1 is 1.30 bits per heavy atom. The Hall–Kier alpha value is -2.63. The molecule has 0 amide bonds. The van der Waals surface area contributed by atoms with Crippen molar-refractivity contribution in [2.75, 3.05) is 19.0 Å². The van der Waals surface area contributed by atoms with E-state index in [2.05, 4.69) is 16.4 Å². The van der Waals surface area contributed by atoms with E-state index in [0.29, 0.717) is 12.4 Å². The lowest BCUT2D eigenvalue weighted by Crippen LogP contribution is -2.41. The Morgan fingerprint density at radius 2 is 2.09 bits per heavy atom. The monoisotopic (exact) mass is 313 g/mol. The number of rotatable bonds is 6. The first-order chi connectivity index (χ1) is 11.2. The number of nitrogens with zero attached hydrogens (tertiary/aromatic N) is 2. The summed E-state index contributed by atoms with van der Waals surface area (Å²) < 4.78 is 5.49. The van der Waals surface area contributed by atoms with Gasteiger partial charge in [0, 0.05) is 29.8 Å². The molecule has 1 N–H and O–H groups in total. The maximum Gasteiger partial charge on any atom is 0.311 e. The molecule has 6 nitrogen and oxygen atoms in total. The van der Waals surface area contributed by atoms with Crippen molar-refractivity contribution in [1.29, 1.82) is 0 Å². The maximum atomic E-state index is 11.1. The van der Waals surface area contributed by atoms with Gasteiger partial charge in [-0.2, -0.15) is 0 Å². The van der Waals surface area contributed by atoms with Crippen LogP contribution < -0.4 is 10.1 Å². The minimum absolute atomic E-state index is 0.00185. The zero-order valence-electron chi connectivity index (χ0n) is 13.0. The lowest BCUT2D eigenvalue weighted by atomic mass is 9.64. The topological polar surface area (TPSA) is 77.3 Å².